The largest absolute Gasteiger partial charge is 0.394 e. The van der Waals surface area contributed by atoms with Crippen molar-refractivity contribution in [1.82, 2.24) is 5.32 Å². The molecule has 3 aromatic rings. The Kier molecular flexibility index (Phi) is 9.12. The number of carbonyl (C=O) groups excluding carboxylic acids is 2. The zero-order chi connectivity index (χ0) is 29.1. The molecule has 6 nitrogen and oxygen atoms in total. The van der Waals surface area contributed by atoms with Gasteiger partial charge >= 0.3 is 0 Å². The van der Waals surface area contributed by atoms with Crippen molar-refractivity contribution >= 4 is 40.6 Å². The molecule has 0 saturated carbocycles. The van der Waals surface area contributed by atoms with Gasteiger partial charge in [0.2, 0.25) is 5.91 Å². The lowest BCUT2D eigenvalue weighted by atomic mass is 9.63. The average molecular weight is 600 g/mol. The second-order valence-corrected chi connectivity index (χ2v) is 11.8. The molecule has 0 bridgehead atoms. The van der Waals surface area contributed by atoms with Crippen molar-refractivity contribution in [3.63, 3.8) is 0 Å². The molecule has 1 spiro atoms. The average Bonchev–Trinajstić information content (AvgIpc) is 3.44. The maximum atomic E-state index is 15.0. The topological polar surface area (TPSA) is 98.7 Å². The summed E-state index contributed by atoms with van der Waals surface area (Å²) in [6, 6.07) is 18.6. The molecule has 2 heterocycles. The van der Waals surface area contributed by atoms with Crippen LogP contribution in [0.4, 0.5) is 10.1 Å². The van der Waals surface area contributed by atoms with Crippen LogP contribution in [0.1, 0.15) is 54.7 Å². The smallest absolute Gasteiger partial charge is 0.237 e. The Morgan fingerprint density at radius 3 is 2.56 bits per heavy atom. The van der Waals surface area contributed by atoms with E-state index in [-0.39, 0.29) is 36.2 Å². The van der Waals surface area contributed by atoms with Crippen LogP contribution in [0.3, 0.4) is 0 Å². The van der Waals surface area contributed by atoms with E-state index >= 15 is 4.39 Å². The number of carbonyl (C=O) groups is 2. The Bertz CT molecular complexity index is 1420. The summed E-state index contributed by atoms with van der Waals surface area (Å²) in [4.78, 5) is 28.0. The van der Waals surface area contributed by atoms with Crippen molar-refractivity contribution in [3.8, 4) is 0 Å². The first kappa shape index (κ1) is 29.7. The number of anilines is 1. The summed E-state index contributed by atoms with van der Waals surface area (Å²) in [5, 5.41) is 25.8. The molecular formula is C32H33Cl2FN2O4. The molecule has 2 aliphatic rings. The highest BCUT2D eigenvalue weighted by Crippen LogP contribution is 2.56. The number of nitrogens with one attached hydrogen (secondary N) is 2. The van der Waals surface area contributed by atoms with Gasteiger partial charge in [-0.1, -0.05) is 65.7 Å². The van der Waals surface area contributed by atoms with E-state index in [0.717, 1.165) is 18.4 Å². The quantitative estimate of drug-likeness (QED) is 0.231. The predicted molar refractivity (Wildman–Crippen MR) is 158 cm³/mol. The van der Waals surface area contributed by atoms with Gasteiger partial charge in [0.15, 0.2) is 0 Å². The van der Waals surface area contributed by atoms with E-state index in [1.165, 1.54) is 12.1 Å². The van der Waals surface area contributed by atoms with Crippen LogP contribution >= 0.6 is 23.2 Å². The first-order valence-electron chi connectivity index (χ1n) is 13.9. The molecule has 0 radical (unpaired) electrons. The normalized spacial score (nSPS) is 23.9. The number of fused-ring (bicyclic) bond motifs is 2. The van der Waals surface area contributed by atoms with E-state index in [1.807, 2.05) is 24.3 Å². The number of rotatable bonds is 11. The van der Waals surface area contributed by atoms with E-state index in [1.54, 1.807) is 18.2 Å². The number of halogens is 3. The second-order valence-electron chi connectivity index (χ2n) is 10.9. The Hall–Kier alpha value is -2.81. The van der Waals surface area contributed by atoms with E-state index in [4.69, 9.17) is 23.2 Å². The maximum Gasteiger partial charge on any atom is 0.237 e. The van der Waals surface area contributed by atoms with Gasteiger partial charge < -0.3 is 20.8 Å². The third kappa shape index (κ3) is 5.79. The van der Waals surface area contributed by atoms with Crippen LogP contribution in [-0.2, 0) is 21.4 Å². The van der Waals surface area contributed by atoms with Crippen LogP contribution in [0.2, 0.25) is 10.0 Å². The fourth-order valence-corrected chi connectivity index (χ4v) is 6.94. The number of hydrogen-bond donors (Lipinski definition) is 4. The van der Waals surface area contributed by atoms with Crippen LogP contribution in [0, 0.1) is 5.82 Å². The molecule has 0 aromatic heterocycles. The second kappa shape index (κ2) is 12.6. The molecule has 1 amide bonds. The summed E-state index contributed by atoms with van der Waals surface area (Å²) in [5.41, 5.74) is 1.46. The number of Topliss-reactive ketones (excluding diaryl/α,β-unsaturated/α-hetero) is 1. The lowest BCUT2D eigenvalue weighted by molar-refractivity contribution is -0.122. The molecule has 0 aliphatic carbocycles. The Morgan fingerprint density at radius 1 is 1.05 bits per heavy atom. The summed E-state index contributed by atoms with van der Waals surface area (Å²) in [6.07, 6.45) is 1.94. The molecule has 41 heavy (non-hydrogen) atoms. The van der Waals surface area contributed by atoms with E-state index in [2.05, 4.69) is 22.8 Å². The van der Waals surface area contributed by atoms with E-state index < -0.39 is 35.3 Å². The van der Waals surface area contributed by atoms with Gasteiger partial charge in [-0.3, -0.25) is 9.59 Å². The molecule has 4 N–H and O–H groups in total. The third-order valence-electron chi connectivity index (χ3n) is 8.41. The van der Waals surface area contributed by atoms with Crippen molar-refractivity contribution in [2.24, 2.45) is 0 Å². The van der Waals surface area contributed by atoms with Gasteiger partial charge in [0.25, 0.3) is 0 Å². The van der Waals surface area contributed by atoms with Gasteiger partial charge in [-0.05, 0) is 73.1 Å². The molecule has 5 atom stereocenters. The Balaban J connectivity index is 1.58. The standard InChI is InChI=1S/C32H33Cl2FN2O4/c33-21-11-5-10-20(15-21)29-30(27(40)13-6-12-22(39)18-38)37-28(14-4-9-19-7-2-1-3-8-19)32(29)23-16-25(35)24(34)17-26(23)36-31(32)41/h1-3,5,7-8,10-11,15-17,22,28-30,37-39H,4,6,9,12-14,18H2,(H,36,41)/t22-,28+,29-,30-,32-/m0/s1. The van der Waals surface area contributed by atoms with Crippen molar-refractivity contribution < 1.29 is 24.2 Å². The van der Waals surface area contributed by atoms with Gasteiger partial charge in [-0.25, -0.2) is 4.39 Å². The summed E-state index contributed by atoms with van der Waals surface area (Å²) in [7, 11) is 0. The highest BCUT2D eigenvalue weighted by Gasteiger charge is 2.65. The summed E-state index contributed by atoms with van der Waals surface area (Å²) >= 11 is 12.5. The maximum absolute atomic E-state index is 15.0. The zero-order valence-corrected chi connectivity index (χ0v) is 24.0. The highest BCUT2D eigenvalue weighted by atomic mass is 35.5. The molecule has 1 fully saturated rings. The monoisotopic (exact) mass is 598 g/mol. The van der Waals surface area contributed by atoms with Crippen LogP contribution in [-0.4, -0.2) is 46.7 Å². The van der Waals surface area contributed by atoms with Crippen molar-refractivity contribution in [2.75, 3.05) is 11.9 Å². The van der Waals surface area contributed by atoms with E-state index in [0.29, 0.717) is 34.7 Å². The number of aryl methyl sites for hydroxylation is 1. The minimum absolute atomic E-state index is 0.0953. The fraction of sp³-hybridized carbons (Fsp3) is 0.375. The van der Waals surface area contributed by atoms with Crippen LogP contribution in [0.15, 0.2) is 66.7 Å². The van der Waals surface area contributed by atoms with Gasteiger partial charge in [-0.15, -0.1) is 0 Å². The van der Waals surface area contributed by atoms with Gasteiger partial charge in [0.1, 0.15) is 17.0 Å². The lowest BCUT2D eigenvalue weighted by Gasteiger charge is -2.35. The number of aliphatic hydroxyl groups excluding tert-OH is 2. The minimum atomic E-state index is -1.30. The number of aliphatic hydroxyl groups is 2. The molecule has 0 unspecified atom stereocenters. The first-order valence-corrected chi connectivity index (χ1v) is 14.7. The van der Waals surface area contributed by atoms with Crippen LogP contribution < -0.4 is 10.6 Å². The predicted octanol–water partition coefficient (Wildman–Crippen LogP) is 5.56. The lowest BCUT2D eigenvalue weighted by Crippen LogP contribution is -2.48. The molecular weight excluding hydrogens is 566 g/mol. The van der Waals surface area contributed by atoms with E-state index in [9.17, 15) is 19.8 Å². The molecule has 5 rings (SSSR count). The zero-order valence-electron chi connectivity index (χ0n) is 22.5. The van der Waals surface area contributed by atoms with Crippen LogP contribution in [0.5, 0.6) is 0 Å². The number of hydrogen-bond acceptors (Lipinski definition) is 5. The van der Waals surface area contributed by atoms with Gasteiger partial charge in [0.05, 0.1) is 23.8 Å². The molecule has 1 saturated heterocycles. The summed E-state index contributed by atoms with van der Waals surface area (Å²) in [5.74, 6) is -1.76. The highest BCUT2D eigenvalue weighted by molar-refractivity contribution is 6.31. The van der Waals surface area contributed by atoms with Gasteiger partial charge in [0, 0.05) is 29.1 Å². The van der Waals surface area contributed by atoms with Crippen molar-refractivity contribution in [3.05, 3.63) is 99.3 Å². The minimum Gasteiger partial charge on any atom is -0.394 e. The molecule has 2 aliphatic heterocycles. The molecule has 3 aromatic carbocycles. The molecule has 9 heteroatoms. The SMILES string of the molecule is O=C(CCC[C@H](O)CO)[C@@H]1N[C@H](CCCc2ccccc2)[C@]2(C(=O)Nc3cc(Cl)c(F)cc32)[C@H]1c1cccc(Cl)c1. The van der Waals surface area contributed by atoms with Crippen LogP contribution in [0.25, 0.3) is 0 Å². The van der Waals surface area contributed by atoms with Crippen molar-refractivity contribution in [2.45, 2.75) is 68.0 Å². The number of ketones is 1. The Labute approximate surface area is 248 Å². The van der Waals surface area contributed by atoms with Gasteiger partial charge in [-0.2, -0.15) is 0 Å². The fourth-order valence-electron chi connectivity index (χ4n) is 6.58. The number of benzene rings is 3. The summed E-state index contributed by atoms with van der Waals surface area (Å²) < 4.78 is 15.0. The Morgan fingerprint density at radius 2 is 1.83 bits per heavy atom. The third-order valence-corrected chi connectivity index (χ3v) is 8.94. The first-order chi connectivity index (χ1) is 19.7. The number of amides is 1. The summed E-state index contributed by atoms with van der Waals surface area (Å²) in [6.45, 7) is -0.376. The molecule has 216 valence electrons. The van der Waals surface area contributed by atoms with Crippen molar-refractivity contribution in [1.29, 1.82) is 0 Å².